The largest absolute Gasteiger partial charge is 0.492 e. The quantitative estimate of drug-likeness (QED) is 0.707. The van der Waals surface area contributed by atoms with Gasteiger partial charge in [0.2, 0.25) is 0 Å². The average molecular weight is 284 g/mol. The summed E-state index contributed by atoms with van der Waals surface area (Å²) in [6, 6.07) is 16.3. The summed E-state index contributed by atoms with van der Waals surface area (Å²) in [5.74, 6) is 0.856. The number of hydrogen-bond donors (Lipinski definition) is 0. The van der Waals surface area contributed by atoms with Crippen LogP contribution in [0.3, 0.4) is 0 Å². The molecule has 0 aliphatic carbocycles. The molecule has 0 fully saturated rings. The first-order valence-electron chi connectivity index (χ1n) is 6.60. The standard InChI is InChI=1S/C16H16N2OS/c1-3-19-13-10-7-11-14-15(13)17-16(20-14)18(2)12-8-5-4-6-9-12/h4-11H,3H2,1-2H3. The molecular weight excluding hydrogens is 268 g/mol. The van der Waals surface area contributed by atoms with Crippen molar-refractivity contribution in [3.63, 3.8) is 0 Å². The third-order valence-electron chi connectivity index (χ3n) is 3.10. The van der Waals surface area contributed by atoms with Crippen molar-refractivity contribution in [1.82, 2.24) is 4.98 Å². The minimum atomic E-state index is 0.653. The topological polar surface area (TPSA) is 25.4 Å². The molecule has 4 heteroatoms. The van der Waals surface area contributed by atoms with Crippen molar-refractivity contribution in [2.75, 3.05) is 18.6 Å². The third-order valence-corrected chi connectivity index (χ3v) is 4.20. The molecule has 3 nitrogen and oxygen atoms in total. The lowest BCUT2D eigenvalue weighted by atomic mass is 10.3. The Balaban J connectivity index is 2.03. The van der Waals surface area contributed by atoms with Crippen LogP contribution >= 0.6 is 11.3 Å². The number of anilines is 2. The Labute approximate surface area is 122 Å². The Hall–Kier alpha value is -2.07. The van der Waals surface area contributed by atoms with E-state index >= 15 is 0 Å². The molecule has 0 saturated carbocycles. The molecule has 1 heterocycles. The van der Waals surface area contributed by atoms with Gasteiger partial charge in [0, 0.05) is 12.7 Å². The van der Waals surface area contributed by atoms with Crippen LogP contribution < -0.4 is 9.64 Å². The van der Waals surface area contributed by atoms with Gasteiger partial charge in [0.05, 0.1) is 11.3 Å². The summed E-state index contributed by atoms with van der Waals surface area (Å²) in [4.78, 5) is 6.82. The molecule has 2 aromatic carbocycles. The van der Waals surface area contributed by atoms with E-state index in [9.17, 15) is 0 Å². The zero-order valence-corrected chi connectivity index (χ0v) is 12.4. The van der Waals surface area contributed by atoms with Crippen molar-refractivity contribution in [2.24, 2.45) is 0 Å². The number of fused-ring (bicyclic) bond motifs is 1. The fourth-order valence-corrected chi connectivity index (χ4v) is 3.05. The number of nitrogens with zero attached hydrogens (tertiary/aromatic N) is 2. The number of para-hydroxylation sites is 2. The second-order valence-electron chi connectivity index (χ2n) is 4.43. The third kappa shape index (κ3) is 2.34. The highest BCUT2D eigenvalue weighted by molar-refractivity contribution is 7.22. The van der Waals surface area contributed by atoms with Crippen LogP contribution in [0, 0.1) is 0 Å². The van der Waals surface area contributed by atoms with Crippen LogP contribution in [0.2, 0.25) is 0 Å². The van der Waals surface area contributed by atoms with Crippen molar-refractivity contribution in [3.05, 3.63) is 48.5 Å². The normalized spacial score (nSPS) is 10.7. The van der Waals surface area contributed by atoms with E-state index < -0.39 is 0 Å². The molecule has 0 aliphatic rings. The van der Waals surface area contributed by atoms with Crippen molar-refractivity contribution in [3.8, 4) is 5.75 Å². The summed E-state index contributed by atoms with van der Waals surface area (Å²) in [6.07, 6.45) is 0. The molecule has 0 spiro atoms. The zero-order chi connectivity index (χ0) is 13.9. The second kappa shape index (κ2) is 5.51. The van der Waals surface area contributed by atoms with Gasteiger partial charge in [-0.05, 0) is 31.2 Å². The Morgan fingerprint density at radius 1 is 1.10 bits per heavy atom. The van der Waals surface area contributed by atoms with E-state index in [0.717, 1.165) is 26.8 Å². The number of hydrogen-bond acceptors (Lipinski definition) is 4. The molecule has 0 aliphatic heterocycles. The van der Waals surface area contributed by atoms with E-state index in [2.05, 4.69) is 23.1 Å². The van der Waals surface area contributed by atoms with Gasteiger partial charge in [-0.25, -0.2) is 4.98 Å². The van der Waals surface area contributed by atoms with Gasteiger partial charge in [-0.1, -0.05) is 35.6 Å². The van der Waals surface area contributed by atoms with Gasteiger partial charge in [0.1, 0.15) is 11.3 Å². The number of thiazole rings is 1. The van der Waals surface area contributed by atoms with Crippen molar-refractivity contribution >= 4 is 32.4 Å². The highest BCUT2D eigenvalue weighted by Crippen LogP contribution is 2.36. The maximum atomic E-state index is 5.64. The van der Waals surface area contributed by atoms with Crippen molar-refractivity contribution in [2.45, 2.75) is 6.92 Å². The van der Waals surface area contributed by atoms with Gasteiger partial charge < -0.3 is 9.64 Å². The summed E-state index contributed by atoms with van der Waals surface area (Å²) in [6.45, 7) is 2.64. The van der Waals surface area contributed by atoms with Crippen LogP contribution in [-0.4, -0.2) is 18.6 Å². The maximum Gasteiger partial charge on any atom is 0.190 e. The molecular formula is C16H16N2OS. The molecule has 0 N–H and O–H groups in total. The van der Waals surface area contributed by atoms with Gasteiger partial charge >= 0.3 is 0 Å². The van der Waals surface area contributed by atoms with Crippen molar-refractivity contribution in [1.29, 1.82) is 0 Å². The van der Waals surface area contributed by atoms with Crippen LogP contribution in [0.15, 0.2) is 48.5 Å². The van der Waals surface area contributed by atoms with Gasteiger partial charge in [0.25, 0.3) is 0 Å². The van der Waals surface area contributed by atoms with Gasteiger partial charge in [-0.15, -0.1) is 0 Å². The van der Waals surface area contributed by atoms with Crippen LogP contribution in [0.1, 0.15) is 6.92 Å². The number of rotatable bonds is 4. The maximum absolute atomic E-state index is 5.64. The Morgan fingerprint density at radius 2 is 1.90 bits per heavy atom. The number of aromatic nitrogens is 1. The minimum Gasteiger partial charge on any atom is -0.492 e. The van der Waals surface area contributed by atoms with Crippen LogP contribution in [0.5, 0.6) is 5.75 Å². The lowest BCUT2D eigenvalue weighted by Crippen LogP contribution is -2.08. The zero-order valence-electron chi connectivity index (χ0n) is 11.5. The summed E-state index contributed by atoms with van der Waals surface area (Å²) >= 11 is 1.68. The predicted octanol–water partition coefficient (Wildman–Crippen LogP) is 4.46. The smallest absolute Gasteiger partial charge is 0.190 e. The Bertz CT molecular complexity index is 709. The number of ether oxygens (including phenoxy) is 1. The molecule has 0 amide bonds. The Kier molecular flexibility index (Phi) is 3.56. The fourth-order valence-electron chi connectivity index (χ4n) is 2.09. The molecule has 102 valence electrons. The van der Waals surface area contributed by atoms with E-state index in [1.54, 1.807) is 11.3 Å². The fraction of sp³-hybridized carbons (Fsp3) is 0.188. The van der Waals surface area contributed by atoms with Crippen LogP contribution in [0.4, 0.5) is 10.8 Å². The molecule has 20 heavy (non-hydrogen) atoms. The predicted molar refractivity (Wildman–Crippen MR) is 85.3 cm³/mol. The number of benzene rings is 2. The first-order valence-corrected chi connectivity index (χ1v) is 7.42. The molecule has 3 aromatic rings. The minimum absolute atomic E-state index is 0.653. The molecule has 0 atom stereocenters. The van der Waals surface area contributed by atoms with Crippen LogP contribution in [-0.2, 0) is 0 Å². The molecule has 0 unspecified atom stereocenters. The lowest BCUT2D eigenvalue weighted by molar-refractivity contribution is 0.344. The Morgan fingerprint density at radius 3 is 2.65 bits per heavy atom. The monoisotopic (exact) mass is 284 g/mol. The van der Waals surface area contributed by atoms with Gasteiger partial charge in [0.15, 0.2) is 5.13 Å². The van der Waals surface area contributed by atoms with Crippen molar-refractivity contribution < 1.29 is 4.74 Å². The highest BCUT2D eigenvalue weighted by atomic mass is 32.1. The van der Waals surface area contributed by atoms with Gasteiger partial charge in [-0.3, -0.25) is 0 Å². The molecule has 0 bridgehead atoms. The van der Waals surface area contributed by atoms with E-state index in [4.69, 9.17) is 9.72 Å². The molecule has 0 saturated heterocycles. The van der Waals surface area contributed by atoms with E-state index in [1.165, 1.54) is 0 Å². The van der Waals surface area contributed by atoms with Gasteiger partial charge in [-0.2, -0.15) is 0 Å². The SMILES string of the molecule is CCOc1cccc2sc(N(C)c3ccccc3)nc12. The second-order valence-corrected chi connectivity index (χ2v) is 5.44. The first kappa shape index (κ1) is 12.9. The van der Waals surface area contributed by atoms with E-state index in [0.29, 0.717) is 6.61 Å². The summed E-state index contributed by atoms with van der Waals surface area (Å²) in [7, 11) is 2.04. The summed E-state index contributed by atoms with van der Waals surface area (Å²) < 4.78 is 6.79. The average Bonchev–Trinajstić information content (AvgIpc) is 2.93. The summed E-state index contributed by atoms with van der Waals surface area (Å²) in [5.41, 5.74) is 2.07. The van der Waals surface area contributed by atoms with Crippen LogP contribution in [0.25, 0.3) is 10.2 Å². The lowest BCUT2D eigenvalue weighted by Gasteiger charge is -2.15. The highest BCUT2D eigenvalue weighted by Gasteiger charge is 2.12. The molecule has 1 aromatic heterocycles. The van der Waals surface area contributed by atoms with E-state index in [1.807, 2.05) is 44.3 Å². The first-order chi connectivity index (χ1) is 9.79. The van der Waals surface area contributed by atoms with E-state index in [-0.39, 0.29) is 0 Å². The molecule has 0 radical (unpaired) electrons. The molecule has 3 rings (SSSR count). The summed E-state index contributed by atoms with van der Waals surface area (Å²) in [5, 5.41) is 0.971.